The van der Waals surface area contributed by atoms with Crippen molar-refractivity contribution in [2.24, 2.45) is 5.11 Å². The van der Waals surface area contributed by atoms with Gasteiger partial charge in [-0.05, 0) is 12.1 Å². The molecule has 1 rings (SSSR count). The molecule has 5 heteroatoms. The molecule has 1 aromatic rings. The zero-order valence-corrected chi connectivity index (χ0v) is 5.44. The lowest BCUT2D eigenvalue weighted by Gasteiger charge is -1.99. The second kappa shape index (κ2) is 2.61. The number of benzene rings is 1. The van der Waals surface area contributed by atoms with Crippen LogP contribution in [-0.2, 0) is 0 Å². The molecule has 0 fully saturated rings. The number of hydrogen-bond donors (Lipinski definition) is 2. The van der Waals surface area contributed by atoms with Gasteiger partial charge < -0.3 is 5.73 Å². The summed E-state index contributed by atoms with van der Waals surface area (Å²) in [7, 11) is 0. The fourth-order valence-electron chi connectivity index (χ4n) is 0.669. The molecule has 0 spiro atoms. The van der Waals surface area contributed by atoms with E-state index < -0.39 is 17.3 Å². The first-order valence-corrected chi connectivity index (χ1v) is 2.77. The van der Waals surface area contributed by atoms with Crippen LogP contribution in [0.4, 0.5) is 20.2 Å². The molecule has 0 unspecified atom stereocenters. The Kier molecular flexibility index (Phi) is 1.80. The molecule has 58 valence electrons. The number of nitrogens with zero attached hydrogens (tertiary/aromatic N) is 1. The van der Waals surface area contributed by atoms with E-state index in [0.717, 1.165) is 12.1 Å². The first kappa shape index (κ1) is 7.59. The predicted octanol–water partition coefficient (Wildman–Crippen LogP) is 2.21. The molecule has 11 heavy (non-hydrogen) atoms. The Balaban J connectivity index is 3.40. The summed E-state index contributed by atoms with van der Waals surface area (Å²) in [6.07, 6.45) is 0. The maximum absolute atomic E-state index is 12.6. The van der Waals surface area contributed by atoms with Crippen molar-refractivity contribution in [3.8, 4) is 0 Å². The molecular weight excluding hydrogens is 152 g/mol. The van der Waals surface area contributed by atoms with Crippen molar-refractivity contribution in [1.82, 2.24) is 0 Å². The van der Waals surface area contributed by atoms with Crippen LogP contribution in [-0.4, -0.2) is 0 Å². The molecular formula is C6H5F2N3. The molecule has 3 N–H and O–H groups in total. The van der Waals surface area contributed by atoms with E-state index in [0.29, 0.717) is 0 Å². The highest BCUT2D eigenvalue weighted by atomic mass is 19.2. The van der Waals surface area contributed by atoms with E-state index in [1.54, 1.807) is 0 Å². The van der Waals surface area contributed by atoms with E-state index in [2.05, 4.69) is 5.11 Å². The quantitative estimate of drug-likeness (QED) is 0.476. The third-order valence-electron chi connectivity index (χ3n) is 1.21. The number of nitrogens with two attached hydrogens (primary N) is 1. The Morgan fingerprint density at radius 2 is 2.00 bits per heavy atom. The van der Waals surface area contributed by atoms with Crippen LogP contribution in [0.3, 0.4) is 0 Å². The second-order valence-electron chi connectivity index (χ2n) is 1.91. The number of anilines is 1. The normalized spacial score (nSPS) is 9.64. The van der Waals surface area contributed by atoms with Crippen LogP contribution in [0.25, 0.3) is 0 Å². The molecule has 3 nitrogen and oxygen atoms in total. The van der Waals surface area contributed by atoms with Gasteiger partial charge >= 0.3 is 0 Å². The van der Waals surface area contributed by atoms with Crippen molar-refractivity contribution < 1.29 is 8.78 Å². The van der Waals surface area contributed by atoms with Gasteiger partial charge in [-0.25, -0.2) is 14.3 Å². The number of nitrogen functional groups attached to an aromatic ring is 1. The topological polar surface area (TPSA) is 62.2 Å². The van der Waals surface area contributed by atoms with Crippen molar-refractivity contribution >= 4 is 11.4 Å². The van der Waals surface area contributed by atoms with Crippen molar-refractivity contribution in [2.45, 2.75) is 0 Å². The van der Waals surface area contributed by atoms with Gasteiger partial charge in [0.25, 0.3) is 0 Å². The van der Waals surface area contributed by atoms with Crippen LogP contribution in [0.15, 0.2) is 17.2 Å². The van der Waals surface area contributed by atoms with Crippen LogP contribution >= 0.6 is 0 Å². The summed E-state index contributed by atoms with van der Waals surface area (Å²) in [6.45, 7) is 0. The highest BCUT2D eigenvalue weighted by Gasteiger charge is 2.09. The van der Waals surface area contributed by atoms with E-state index in [4.69, 9.17) is 11.3 Å². The highest BCUT2D eigenvalue weighted by Crippen LogP contribution is 2.26. The lowest BCUT2D eigenvalue weighted by Crippen LogP contribution is -1.90. The summed E-state index contributed by atoms with van der Waals surface area (Å²) < 4.78 is 25.0. The fourth-order valence-corrected chi connectivity index (χ4v) is 0.669. The number of hydrogen-bond acceptors (Lipinski definition) is 3. The van der Waals surface area contributed by atoms with E-state index in [-0.39, 0.29) is 5.69 Å². The molecule has 0 radical (unpaired) electrons. The maximum atomic E-state index is 12.6. The Bertz CT molecular complexity index is 298. The maximum Gasteiger partial charge on any atom is 0.188 e. The Morgan fingerprint density at radius 1 is 1.36 bits per heavy atom. The highest BCUT2D eigenvalue weighted by molar-refractivity contribution is 5.62. The van der Waals surface area contributed by atoms with Gasteiger partial charge in [0.2, 0.25) is 0 Å². The molecule has 0 atom stereocenters. The van der Waals surface area contributed by atoms with Crippen LogP contribution in [0, 0.1) is 17.2 Å². The number of rotatable bonds is 1. The summed E-state index contributed by atoms with van der Waals surface area (Å²) in [5, 5.41) is 2.74. The van der Waals surface area contributed by atoms with Crippen molar-refractivity contribution in [3.63, 3.8) is 0 Å². The lowest BCUT2D eigenvalue weighted by atomic mass is 10.2. The van der Waals surface area contributed by atoms with Gasteiger partial charge in [-0.1, -0.05) is 0 Å². The van der Waals surface area contributed by atoms with E-state index >= 15 is 0 Å². The molecule has 0 aliphatic heterocycles. The average molecular weight is 157 g/mol. The van der Waals surface area contributed by atoms with Crippen LogP contribution in [0.1, 0.15) is 0 Å². The summed E-state index contributed by atoms with van der Waals surface area (Å²) in [5.41, 5.74) is 11.1. The molecule has 0 saturated carbocycles. The largest absolute Gasteiger partial charge is 0.397 e. The average Bonchev–Trinajstić information content (AvgIpc) is 1.99. The molecule has 0 aliphatic carbocycles. The zero-order valence-electron chi connectivity index (χ0n) is 5.44. The Labute approximate surface area is 61.3 Å². The molecule has 0 heterocycles. The zero-order chi connectivity index (χ0) is 8.43. The monoisotopic (exact) mass is 157 g/mol. The minimum atomic E-state index is -1.18. The van der Waals surface area contributed by atoms with Gasteiger partial charge in [-0.3, -0.25) is 0 Å². The summed E-state index contributed by atoms with van der Waals surface area (Å²) in [5.74, 6) is -2.23. The third-order valence-corrected chi connectivity index (χ3v) is 1.21. The van der Waals surface area contributed by atoms with Gasteiger partial charge in [-0.2, -0.15) is 5.11 Å². The molecule has 0 aromatic heterocycles. The van der Waals surface area contributed by atoms with Crippen molar-refractivity contribution in [2.75, 3.05) is 5.73 Å². The van der Waals surface area contributed by atoms with E-state index in [1.807, 2.05) is 0 Å². The fraction of sp³-hybridized carbons (Fsp3) is 0. The summed E-state index contributed by atoms with van der Waals surface area (Å²) in [6, 6.07) is 2.05. The lowest BCUT2D eigenvalue weighted by molar-refractivity contribution is 0.510. The minimum absolute atomic E-state index is 0.0427. The number of nitrogens with one attached hydrogen (secondary N) is 1. The molecule has 0 bridgehead atoms. The van der Waals surface area contributed by atoms with E-state index in [1.165, 1.54) is 0 Å². The first-order chi connectivity index (χ1) is 5.16. The Hall–Kier alpha value is -1.52. The second-order valence-corrected chi connectivity index (χ2v) is 1.91. The van der Waals surface area contributed by atoms with Gasteiger partial charge in [0.1, 0.15) is 5.69 Å². The van der Waals surface area contributed by atoms with Crippen LogP contribution in [0.2, 0.25) is 0 Å². The van der Waals surface area contributed by atoms with Gasteiger partial charge in [-0.15, -0.1) is 0 Å². The van der Waals surface area contributed by atoms with E-state index in [9.17, 15) is 8.78 Å². The van der Waals surface area contributed by atoms with Gasteiger partial charge in [0.15, 0.2) is 11.6 Å². The molecule has 0 saturated heterocycles. The number of halogens is 2. The van der Waals surface area contributed by atoms with Crippen molar-refractivity contribution in [3.05, 3.63) is 23.8 Å². The summed E-state index contributed by atoms with van der Waals surface area (Å²) >= 11 is 0. The van der Waals surface area contributed by atoms with Crippen LogP contribution < -0.4 is 5.73 Å². The van der Waals surface area contributed by atoms with Crippen molar-refractivity contribution in [1.29, 1.82) is 5.53 Å². The molecule has 1 aromatic carbocycles. The Morgan fingerprint density at radius 3 is 2.45 bits per heavy atom. The standard InChI is InChI=1S/C6H5F2N3/c7-3-1-2-4(9)6(11-10)5(3)8/h1-2,10H,9H2. The minimum Gasteiger partial charge on any atom is -0.397 e. The van der Waals surface area contributed by atoms with Crippen LogP contribution in [0.5, 0.6) is 0 Å². The predicted molar refractivity (Wildman–Crippen MR) is 35.6 cm³/mol. The first-order valence-electron chi connectivity index (χ1n) is 2.77. The SMILES string of the molecule is N=Nc1c(N)ccc(F)c1F. The third kappa shape index (κ3) is 1.17. The summed E-state index contributed by atoms with van der Waals surface area (Å²) in [4.78, 5) is 0. The smallest absolute Gasteiger partial charge is 0.188 e. The molecule has 0 amide bonds. The molecule has 0 aliphatic rings. The van der Waals surface area contributed by atoms with Gasteiger partial charge in [0, 0.05) is 0 Å². The van der Waals surface area contributed by atoms with Gasteiger partial charge in [0.05, 0.1) is 5.69 Å².